The summed E-state index contributed by atoms with van der Waals surface area (Å²) in [4.78, 5) is 25.0. The van der Waals surface area contributed by atoms with Crippen molar-refractivity contribution in [3.8, 4) is 34.3 Å². The molecule has 2 heterocycles. The number of aromatic hydroxyl groups is 1. The van der Waals surface area contributed by atoms with E-state index >= 15 is 0 Å². The molecule has 0 atom stereocenters. The minimum atomic E-state index is -0.555. The molecule has 0 spiro atoms. The van der Waals surface area contributed by atoms with Gasteiger partial charge < -0.3 is 24.1 Å². The first-order valence-corrected chi connectivity index (χ1v) is 10.2. The largest absolute Gasteiger partial charge is 0.507 e. The Bertz CT molecular complexity index is 1590. The van der Waals surface area contributed by atoms with Gasteiger partial charge in [0.1, 0.15) is 29.3 Å². The average Bonchev–Trinajstić information content (AvgIpc) is 3.24. The number of hydrogen-bond acceptors (Lipinski definition) is 6. The zero-order valence-electron chi connectivity index (χ0n) is 17.5. The lowest BCUT2D eigenvalue weighted by Crippen LogP contribution is -2.06. The quantitative estimate of drug-likeness (QED) is 0.338. The molecule has 0 aliphatic heterocycles. The van der Waals surface area contributed by atoms with Crippen molar-refractivity contribution < 1.29 is 23.4 Å². The fourth-order valence-electron chi connectivity index (χ4n) is 3.45. The Morgan fingerprint density at radius 1 is 0.971 bits per heavy atom. The van der Waals surface area contributed by atoms with Crippen molar-refractivity contribution in [1.29, 1.82) is 0 Å². The van der Waals surface area contributed by atoms with E-state index in [1.807, 2.05) is 30.3 Å². The molecule has 0 unspecified atom stereocenters. The summed E-state index contributed by atoms with van der Waals surface area (Å²) in [6.45, 7) is 0.119. The van der Waals surface area contributed by atoms with Crippen LogP contribution < -0.4 is 20.5 Å². The molecule has 34 heavy (non-hydrogen) atoms. The third-order valence-corrected chi connectivity index (χ3v) is 5.09. The first-order chi connectivity index (χ1) is 16.5. The van der Waals surface area contributed by atoms with Crippen LogP contribution in [0.5, 0.6) is 23.0 Å². The summed E-state index contributed by atoms with van der Waals surface area (Å²) in [5, 5.41) is 15.3. The molecule has 0 fully saturated rings. The van der Waals surface area contributed by atoms with E-state index in [-0.39, 0.29) is 46.3 Å². The SMILES string of the molecule is O=c1[nH][nH]cc1Oc1c(OCc2ccccc2)cc(O)c2c(=O)cc(-c3ccc(F)cc3)oc12. The second-order valence-corrected chi connectivity index (χ2v) is 7.39. The van der Waals surface area contributed by atoms with Crippen LogP contribution in [0.25, 0.3) is 22.3 Å². The standard InChI is InChI=1S/C25H17FN2O6/c26-16-8-6-15(7-9-16)19-10-17(29)22-18(30)11-20(32-13-14-4-2-1-3-5-14)23(24(22)33-19)34-21-12-27-28-25(21)31/h1-12,30H,13H2,(H2,27,28,31). The van der Waals surface area contributed by atoms with Gasteiger partial charge in [0.2, 0.25) is 11.5 Å². The number of hydrogen-bond donors (Lipinski definition) is 3. The smallest absolute Gasteiger partial charge is 0.306 e. The zero-order valence-corrected chi connectivity index (χ0v) is 17.5. The number of fused-ring (bicyclic) bond motifs is 1. The molecule has 0 aliphatic carbocycles. The second-order valence-electron chi connectivity index (χ2n) is 7.39. The number of benzene rings is 3. The molecular formula is C25H17FN2O6. The summed E-state index contributed by atoms with van der Waals surface area (Å²) in [5.41, 5.74) is 0.0400. The summed E-state index contributed by atoms with van der Waals surface area (Å²) in [6.07, 6.45) is 1.30. The molecule has 3 N–H and O–H groups in total. The molecule has 0 saturated heterocycles. The summed E-state index contributed by atoms with van der Waals surface area (Å²) >= 11 is 0. The number of aromatic amines is 2. The second kappa shape index (κ2) is 8.62. The molecule has 9 heteroatoms. The van der Waals surface area contributed by atoms with Gasteiger partial charge in [-0.1, -0.05) is 30.3 Å². The molecule has 3 aromatic carbocycles. The number of halogens is 1. The van der Waals surface area contributed by atoms with Crippen molar-refractivity contribution in [3.63, 3.8) is 0 Å². The third-order valence-electron chi connectivity index (χ3n) is 5.09. The molecular weight excluding hydrogens is 443 g/mol. The van der Waals surface area contributed by atoms with Crippen LogP contribution in [0.2, 0.25) is 0 Å². The zero-order chi connectivity index (χ0) is 23.7. The Labute approximate surface area is 190 Å². The first-order valence-electron chi connectivity index (χ1n) is 10.2. The van der Waals surface area contributed by atoms with Gasteiger partial charge in [-0.3, -0.25) is 14.7 Å². The fourth-order valence-corrected chi connectivity index (χ4v) is 3.45. The predicted octanol–water partition coefficient (Wildman–Crippen LogP) is 4.69. The van der Waals surface area contributed by atoms with Gasteiger partial charge in [-0.25, -0.2) is 4.39 Å². The Morgan fingerprint density at radius 2 is 1.74 bits per heavy atom. The van der Waals surface area contributed by atoms with Gasteiger partial charge in [0.15, 0.2) is 16.8 Å². The van der Waals surface area contributed by atoms with Crippen molar-refractivity contribution in [2.45, 2.75) is 6.61 Å². The van der Waals surface area contributed by atoms with Crippen molar-refractivity contribution in [2.24, 2.45) is 0 Å². The number of rotatable bonds is 6. The van der Waals surface area contributed by atoms with Crippen LogP contribution >= 0.6 is 0 Å². The molecule has 0 saturated carbocycles. The molecule has 0 radical (unpaired) electrons. The Hall–Kier alpha value is -4.79. The molecule has 5 aromatic rings. The Kier molecular flexibility index (Phi) is 5.35. The van der Waals surface area contributed by atoms with E-state index in [1.54, 1.807) is 0 Å². The number of nitrogens with one attached hydrogen (secondary N) is 2. The first kappa shape index (κ1) is 21.1. The van der Waals surface area contributed by atoms with Crippen LogP contribution in [0.3, 0.4) is 0 Å². The minimum absolute atomic E-state index is 0.0499. The van der Waals surface area contributed by atoms with E-state index in [0.29, 0.717) is 5.56 Å². The van der Waals surface area contributed by atoms with E-state index in [2.05, 4.69) is 10.2 Å². The Balaban J connectivity index is 1.70. The third kappa shape index (κ3) is 4.02. The van der Waals surface area contributed by atoms with E-state index in [9.17, 15) is 19.1 Å². The number of H-pyrrole nitrogens is 2. The molecule has 2 aromatic heterocycles. The maximum absolute atomic E-state index is 13.4. The van der Waals surface area contributed by atoms with Crippen LogP contribution in [0, 0.1) is 5.82 Å². The predicted molar refractivity (Wildman–Crippen MR) is 122 cm³/mol. The molecule has 0 amide bonds. The summed E-state index contributed by atoms with van der Waals surface area (Å²) in [5.74, 6) is -0.843. The van der Waals surface area contributed by atoms with Crippen molar-refractivity contribution >= 4 is 11.0 Å². The fraction of sp³-hybridized carbons (Fsp3) is 0.0400. The normalized spacial score (nSPS) is 11.0. The maximum Gasteiger partial charge on any atom is 0.306 e. The van der Waals surface area contributed by atoms with E-state index in [1.165, 1.54) is 42.6 Å². The van der Waals surface area contributed by atoms with Crippen molar-refractivity contribution in [2.75, 3.05) is 0 Å². The summed E-state index contributed by atoms with van der Waals surface area (Å²) in [7, 11) is 0. The summed E-state index contributed by atoms with van der Waals surface area (Å²) in [6, 6.07) is 17.0. The van der Waals surface area contributed by atoms with E-state index in [0.717, 1.165) is 5.56 Å². The number of aromatic nitrogens is 2. The monoisotopic (exact) mass is 460 g/mol. The highest BCUT2D eigenvalue weighted by Crippen LogP contribution is 2.43. The van der Waals surface area contributed by atoms with Gasteiger partial charge in [-0.2, -0.15) is 0 Å². The van der Waals surface area contributed by atoms with Crippen LogP contribution in [-0.2, 0) is 6.61 Å². The highest BCUT2D eigenvalue weighted by Gasteiger charge is 2.22. The highest BCUT2D eigenvalue weighted by molar-refractivity contribution is 5.92. The lowest BCUT2D eigenvalue weighted by molar-refractivity contribution is 0.289. The van der Waals surface area contributed by atoms with Gasteiger partial charge in [0.05, 0.1) is 6.20 Å². The number of ether oxygens (including phenoxy) is 2. The lowest BCUT2D eigenvalue weighted by Gasteiger charge is -2.15. The lowest BCUT2D eigenvalue weighted by atomic mass is 10.1. The van der Waals surface area contributed by atoms with Crippen molar-refractivity contribution in [3.05, 3.63) is 105 Å². The molecule has 0 bridgehead atoms. The van der Waals surface area contributed by atoms with Gasteiger partial charge in [0, 0.05) is 17.7 Å². The summed E-state index contributed by atoms with van der Waals surface area (Å²) < 4.78 is 31.0. The van der Waals surface area contributed by atoms with Crippen LogP contribution in [0.4, 0.5) is 4.39 Å². The Morgan fingerprint density at radius 3 is 2.44 bits per heavy atom. The van der Waals surface area contributed by atoms with Crippen LogP contribution in [0.15, 0.2) is 86.9 Å². The highest BCUT2D eigenvalue weighted by atomic mass is 19.1. The maximum atomic E-state index is 13.4. The molecule has 0 aliphatic rings. The van der Waals surface area contributed by atoms with Crippen molar-refractivity contribution in [1.82, 2.24) is 10.2 Å². The van der Waals surface area contributed by atoms with Gasteiger partial charge in [-0.05, 0) is 29.8 Å². The van der Waals surface area contributed by atoms with Gasteiger partial charge >= 0.3 is 5.56 Å². The van der Waals surface area contributed by atoms with E-state index in [4.69, 9.17) is 13.9 Å². The minimum Gasteiger partial charge on any atom is -0.507 e. The average molecular weight is 460 g/mol. The molecule has 5 rings (SSSR count). The number of phenolic OH excluding ortho intramolecular Hbond substituents is 1. The van der Waals surface area contributed by atoms with Gasteiger partial charge in [-0.15, -0.1) is 0 Å². The molecule has 8 nitrogen and oxygen atoms in total. The molecule has 170 valence electrons. The topological polar surface area (TPSA) is 118 Å². The van der Waals surface area contributed by atoms with Gasteiger partial charge in [0.25, 0.3) is 0 Å². The van der Waals surface area contributed by atoms with Crippen LogP contribution in [-0.4, -0.2) is 15.3 Å². The van der Waals surface area contributed by atoms with E-state index < -0.39 is 16.8 Å². The number of phenols is 1. The van der Waals surface area contributed by atoms with Crippen LogP contribution in [0.1, 0.15) is 5.56 Å².